The van der Waals surface area contributed by atoms with Crippen LogP contribution in [0.2, 0.25) is 0 Å². The lowest BCUT2D eigenvalue weighted by Gasteiger charge is -2.05. The van der Waals surface area contributed by atoms with Crippen molar-refractivity contribution in [1.29, 1.82) is 0 Å². The maximum absolute atomic E-state index is 10.7. The smallest absolute Gasteiger partial charge is 0.319 e. The van der Waals surface area contributed by atoms with Gasteiger partial charge in [-0.2, -0.15) is 12.6 Å². The Hall–Kier alpha value is -0.710. The van der Waals surface area contributed by atoms with E-state index in [9.17, 15) is 9.59 Å². The summed E-state index contributed by atoms with van der Waals surface area (Å²) in [4.78, 5) is 21.2. The van der Waals surface area contributed by atoms with Crippen LogP contribution in [0.4, 0.5) is 0 Å². The fourth-order valence-corrected chi connectivity index (χ4v) is 0.715. The van der Waals surface area contributed by atoms with Crippen LogP contribution in [0.25, 0.3) is 0 Å². The Kier molecular flexibility index (Phi) is 4.69. The zero-order valence-corrected chi connectivity index (χ0v) is 7.26. The normalized spacial score (nSPS) is 11.9. The van der Waals surface area contributed by atoms with Crippen molar-refractivity contribution in [3.8, 4) is 0 Å². The molecule has 0 fully saturated rings. The number of ether oxygens (including phenoxy) is 2. The predicted molar refractivity (Wildman–Crippen MR) is 41.4 cm³/mol. The number of esters is 2. The van der Waals surface area contributed by atoms with Crippen LogP contribution in [0, 0.1) is 0 Å². The van der Waals surface area contributed by atoms with Gasteiger partial charge in [-0.25, -0.2) is 0 Å². The standard InChI is InChI=1S/C6H10O4S/c1-9-5(7)3-4(11)6(8)10-2/h4,11H,3H2,1-2H3/t4-/m1/s1. The maximum Gasteiger partial charge on any atom is 0.319 e. The van der Waals surface area contributed by atoms with Crippen LogP contribution in [0.3, 0.4) is 0 Å². The van der Waals surface area contributed by atoms with Gasteiger partial charge in [0.15, 0.2) is 0 Å². The highest BCUT2D eigenvalue weighted by atomic mass is 32.1. The molecule has 0 unspecified atom stereocenters. The van der Waals surface area contributed by atoms with Gasteiger partial charge in [-0.15, -0.1) is 0 Å². The first-order chi connectivity index (χ1) is 5.11. The van der Waals surface area contributed by atoms with E-state index in [1.807, 2.05) is 0 Å². The van der Waals surface area contributed by atoms with E-state index in [-0.39, 0.29) is 6.42 Å². The van der Waals surface area contributed by atoms with Crippen LogP contribution in [0.1, 0.15) is 6.42 Å². The van der Waals surface area contributed by atoms with Gasteiger partial charge < -0.3 is 9.47 Å². The van der Waals surface area contributed by atoms with Crippen molar-refractivity contribution >= 4 is 24.6 Å². The molecule has 0 spiro atoms. The van der Waals surface area contributed by atoms with Crippen molar-refractivity contribution in [3.05, 3.63) is 0 Å². The molecule has 0 N–H and O–H groups in total. The first-order valence-corrected chi connectivity index (χ1v) is 3.46. The summed E-state index contributed by atoms with van der Waals surface area (Å²) in [6.07, 6.45) is -0.0632. The molecular weight excluding hydrogens is 168 g/mol. The Balaban J connectivity index is 3.77. The number of methoxy groups -OCH3 is 2. The Morgan fingerprint density at radius 1 is 1.36 bits per heavy atom. The van der Waals surface area contributed by atoms with E-state index in [0.717, 1.165) is 0 Å². The molecule has 0 aliphatic heterocycles. The van der Waals surface area contributed by atoms with Crippen LogP contribution in [-0.4, -0.2) is 31.4 Å². The molecule has 0 aliphatic rings. The fourth-order valence-electron chi connectivity index (χ4n) is 0.461. The monoisotopic (exact) mass is 178 g/mol. The number of carbonyl (C=O) groups is 2. The zero-order chi connectivity index (χ0) is 8.85. The highest BCUT2D eigenvalue weighted by molar-refractivity contribution is 7.81. The van der Waals surface area contributed by atoms with Crippen LogP contribution in [0.5, 0.6) is 0 Å². The van der Waals surface area contributed by atoms with Gasteiger partial charge in [0.2, 0.25) is 0 Å². The molecule has 0 radical (unpaired) electrons. The largest absolute Gasteiger partial charge is 0.469 e. The first-order valence-electron chi connectivity index (χ1n) is 2.94. The van der Waals surface area contributed by atoms with E-state index in [1.165, 1.54) is 14.2 Å². The minimum absolute atomic E-state index is 0.0632. The quantitative estimate of drug-likeness (QED) is 0.489. The van der Waals surface area contributed by atoms with Crippen molar-refractivity contribution in [1.82, 2.24) is 0 Å². The fraction of sp³-hybridized carbons (Fsp3) is 0.667. The van der Waals surface area contributed by atoms with Gasteiger partial charge in [0.05, 0.1) is 20.6 Å². The third-order valence-electron chi connectivity index (χ3n) is 1.06. The predicted octanol–water partition coefficient (Wildman–Crippen LogP) is 0.0209. The van der Waals surface area contributed by atoms with Crippen LogP contribution >= 0.6 is 12.6 Å². The van der Waals surface area contributed by atoms with Crippen molar-refractivity contribution in [3.63, 3.8) is 0 Å². The zero-order valence-electron chi connectivity index (χ0n) is 6.36. The average Bonchev–Trinajstić information content (AvgIpc) is 2.02. The number of carbonyl (C=O) groups excluding carboxylic acids is 2. The van der Waals surface area contributed by atoms with E-state index in [1.54, 1.807) is 0 Å². The number of hydrogen-bond donors (Lipinski definition) is 1. The highest BCUT2D eigenvalue weighted by Crippen LogP contribution is 2.03. The van der Waals surface area contributed by atoms with E-state index >= 15 is 0 Å². The lowest BCUT2D eigenvalue weighted by Crippen LogP contribution is -2.20. The SMILES string of the molecule is COC(=O)C[C@@H](S)C(=O)OC. The van der Waals surface area contributed by atoms with Gasteiger partial charge in [0.1, 0.15) is 5.25 Å². The summed E-state index contributed by atoms with van der Waals surface area (Å²) in [6, 6.07) is 0. The maximum atomic E-state index is 10.7. The molecule has 0 saturated heterocycles. The lowest BCUT2D eigenvalue weighted by atomic mass is 10.3. The van der Waals surface area contributed by atoms with Crippen molar-refractivity contribution in [2.45, 2.75) is 11.7 Å². The van der Waals surface area contributed by atoms with Gasteiger partial charge in [0.25, 0.3) is 0 Å². The first kappa shape index (κ1) is 10.3. The number of hydrogen-bond acceptors (Lipinski definition) is 5. The van der Waals surface area contributed by atoms with Gasteiger partial charge in [-0.1, -0.05) is 0 Å². The van der Waals surface area contributed by atoms with Crippen LogP contribution in [0.15, 0.2) is 0 Å². The second-order valence-electron chi connectivity index (χ2n) is 1.82. The third kappa shape index (κ3) is 3.87. The molecule has 0 aromatic rings. The Labute approximate surface area is 70.3 Å². The Morgan fingerprint density at radius 2 is 1.91 bits per heavy atom. The molecule has 0 bridgehead atoms. The minimum Gasteiger partial charge on any atom is -0.469 e. The second kappa shape index (κ2) is 5.01. The number of rotatable bonds is 3. The van der Waals surface area contributed by atoms with E-state index in [0.29, 0.717) is 0 Å². The van der Waals surface area contributed by atoms with Crippen molar-refractivity contribution in [2.75, 3.05) is 14.2 Å². The summed E-state index contributed by atoms with van der Waals surface area (Å²) in [7, 11) is 2.49. The molecule has 1 atom stereocenters. The molecule has 11 heavy (non-hydrogen) atoms. The molecule has 5 heteroatoms. The summed E-state index contributed by atoms with van der Waals surface area (Å²) in [5.74, 6) is -1.01. The highest BCUT2D eigenvalue weighted by Gasteiger charge is 2.18. The molecule has 64 valence electrons. The summed E-state index contributed by atoms with van der Waals surface area (Å²) in [5.41, 5.74) is 0. The summed E-state index contributed by atoms with van der Waals surface area (Å²) in [6.45, 7) is 0. The molecule has 0 aromatic carbocycles. The van der Waals surface area contributed by atoms with Crippen LogP contribution < -0.4 is 0 Å². The molecule has 0 aliphatic carbocycles. The topological polar surface area (TPSA) is 52.6 Å². The molecule has 0 heterocycles. The molecular formula is C6H10O4S. The van der Waals surface area contributed by atoms with Crippen LogP contribution in [-0.2, 0) is 19.1 Å². The molecule has 0 amide bonds. The minimum atomic E-state index is -0.729. The average molecular weight is 178 g/mol. The molecule has 0 aromatic heterocycles. The summed E-state index contributed by atoms with van der Waals surface area (Å²) >= 11 is 3.82. The van der Waals surface area contributed by atoms with E-state index in [2.05, 4.69) is 22.1 Å². The summed E-state index contributed by atoms with van der Waals surface area (Å²) < 4.78 is 8.65. The van der Waals surface area contributed by atoms with Gasteiger partial charge in [-0.3, -0.25) is 9.59 Å². The second-order valence-corrected chi connectivity index (χ2v) is 2.44. The third-order valence-corrected chi connectivity index (χ3v) is 1.45. The lowest BCUT2D eigenvalue weighted by molar-refractivity contribution is -0.146. The molecule has 4 nitrogen and oxygen atoms in total. The summed E-state index contributed by atoms with van der Waals surface area (Å²) in [5, 5.41) is -0.729. The molecule has 0 rings (SSSR count). The van der Waals surface area contributed by atoms with E-state index < -0.39 is 17.2 Å². The molecule has 0 saturated carbocycles. The van der Waals surface area contributed by atoms with Gasteiger partial charge >= 0.3 is 11.9 Å². The van der Waals surface area contributed by atoms with Crippen molar-refractivity contribution in [2.24, 2.45) is 0 Å². The van der Waals surface area contributed by atoms with Gasteiger partial charge in [-0.05, 0) is 0 Å². The Morgan fingerprint density at radius 3 is 2.27 bits per heavy atom. The number of thiol groups is 1. The Bertz CT molecular complexity index is 157. The van der Waals surface area contributed by atoms with E-state index in [4.69, 9.17) is 0 Å². The van der Waals surface area contributed by atoms with Crippen molar-refractivity contribution < 1.29 is 19.1 Å². The van der Waals surface area contributed by atoms with Gasteiger partial charge in [0, 0.05) is 0 Å².